The van der Waals surface area contributed by atoms with Gasteiger partial charge in [0.05, 0.1) is 11.8 Å². The van der Waals surface area contributed by atoms with Gasteiger partial charge in [-0.3, -0.25) is 19.3 Å². The van der Waals surface area contributed by atoms with E-state index < -0.39 is 6.04 Å². The van der Waals surface area contributed by atoms with Crippen molar-refractivity contribution in [3.05, 3.63) is 12.2 Å². The molecule has 0 aromatic carbocycles. The first-order valence-corrected chi connectivity index (χ1v) is 9.44. The van der Waals surface area contributed by atoms with E-state index in [-0.39, 0.29) is 41.5 Å². The van der Waals surface area contributed by atoms with Gasteiger partial charge in [0.1, 0.15) is 6.04 Å². The number of amides is 3. The van der Waals surface area contributed by atoms with E-state index in [0.717, 1.165) is 6.54 Å². The monoisotopic (exact) mass is 347 g/mol. The fraction of sp³-hybridized carbons (Fsp3) is 0.737. The number of carbonyl (C=O) groups is 3. The summed E-state index contributed by atoms with van der Waals surface area (Å²) in [5.41, 5.74) is 0. The van der Waals surface area contributed by atoms with Crippen LogP contribution in [0.4, 0.5) is 0 Å². The maximum Gasteiger partial charge on any atom is 0.245 e. The Kier molecular flexibility index (Phi) is 5.27. The Hall–Kier alpha value is -1.69. The Morgan fingerprint density at radius 2 is 1.80 bits per heavy atom. The van der Waals surface area contributed by atoms with Crippen LogP contribution in [0.5, 0.6) is 0 Å². The number of nitrogens with one attached hydrogen (secondary N) is 1. The third-order valence-electron chi connectivity index (χ3n) is 5.51. The highest BCUT2D eigenvalue weighted by Gasteiger charge is 2.51. The van der Waals surface area contributed by atoms with Gasteiger partial charge in [-0.15, -0.1) is 0 Å². The summed E-state index contributed by atoms with van der Waals surface area (Å²) >= 11 is 0. The Morgan fingerprint density at radius 3 is 2.32 bits per heavy atom. The van der Waals surface area contributed by atoms with Gasteiger partial charge < -0.3 is 10.2 Å². The van der Waals surface area contributed by atoms with Gasteiger partial charge in [-0.05, 0) is 32.1 Å². The van der Waals surface area contributed by atoms with E-state index >= 15 is 0 Å². The van der Waals surface area contributed by atoms with Crippen LogP contribution in [0.1, 0.15) is 40.0 Å². The van der Waals surface area contributed by atoms with Crippen molar-refractivity contribution in [1.82, 2.24) is 15.1 Å². The van der Waals surface area contributed by atoms with Crippen molar-refractivity contribution in [2.45, 2.75) is 52.1 Å². The van der Waals surface area contributed by atoms with E-state index in [2.05, 4.69) is 5.32 Å². The highest BCUT2D eigenvalue weighted by atomic mass is 16.2. The zero-order valence-electron chi connectivity index (χ0n) is 15.4. The standard InChI is InChI=1S/C19H29N3O3/c1-12(2)10-16(19(25)21-9-8-20-13(3)11-21)22-17(23)14-6-4-5-7-15(14)18(22)24/h4-5,12-16,20H,6-11H2,1-3H3/t13-,14?,15?,16?/m1/s1. The largest absolute Gasteiger partial charge is 0.338 e. The number of hydrogen-bond acceptors (Lipinski definition) is 4. The van der Waals surface area contributed by atoms with E-state index in [1.807, 2.05) is 37.8 Å². The molecule has 3 rings (SSSR count). The van der Waals surface area contributed by atoms with Crippen molar-refractivity contribution in [2.24, 2.45) is 17.8 Å². The number of rotatable bonds is 4. The van der Waals surface area contributed by atoms with Crippen LogP contribution in [-0.2, 0) is 14.4 Å². The molecule has 3 aliphatic rings. The molecule has 25 heavy (non-hydrogen) atoms. The molecule has 2 heterocycles. The van der Waals surface area contributed by atoms with Crippen molar-refractivity contribution < 1.29 is 14.4 Å². The molecule has 2 aliphatic heterocycles. The fourth-order valence-corrected chi connectivity index (χ4v) is 4.24. The number of hydrogen-bond donors (Lipinski definition) is 1. The summed E-state index contributed by atoms with van der Waals surface area (Å²) in [6.45, 7) is 8.10. The summed E-state index contributed by atoms with van der Waals surface area (Å²) in [5.74, 6) is -0.696. The highest BCUT2D eigenvalue weighted by Crippen LogP contribution is 2.37. The number of carbonyl (C=O) groups excluding carboxylic acids is 3. The van der Waals surface area contributed by atoms with Crippen molar-refractivity contribution in [3.63, 3.8) is 0 Å². The van der Waals surface area contributed by atoms with Crippen LogP contribution < -0.4 is 5.32 Å². The van der Waals surface area contributed by atoms with Crippen LogP contribution in [0, 0.1) is 17.8 Å². The fourth-order valence-electron chi connectivity index (χ4n) is 4.24. The van der Waals surface area contributed by atoms with Crippen LogP contribution in [-0.4, -0.2) is 59.2 Å². The summed E-state index contributed by atoms with van der Waals surface area (Å²) in [6, 6.07) is -0.426. The third-order valence-corrected chi connectivity index (χ3v) is 5.51. The summed E-state index contributed by atoms with van der Waals surface area (Å²) in [7, 11) is 0. The second kappa shape index (κ2) is 7.28. The van der Waals surface area contributed by atoms with E-state index in [9.17, 15) is 14.4 Å². The first-order valence-electron chi connectivity index (χ1n) is 9.44. The first kappa shape index (κ1) is 18.1. The van der Waals surface area contributed by atoms with E-state index in [0.29, 0.717) is 32.4 Å². The molecule has 3 unspecified atom stereocenters. The minimum atomic E-state index is -0.657. The summed E-state index contributed by atoms with van der Waals surface area (Å²) in [4.78, 5) is 42.2. The van der Waals surface area contributed by atoms with E-state index in [1.165, 1.54) is 4.90 Å². The average Bonchev–Trinajstić information content (AvgIpc) is 2.84. The number of imide groups is 1. The van der Waals surface area contributed by atoms with Gasteiger partial charge in [0.2, 0.25) is 17.7 Å². The number of fused-ring (bicyclic) bond motifs is 1. The maximum absolute atomic E-state index is 13.2. The van der Waals surface area contributed by atoms with Crippen LogP contribution in [0.2, 0.25) is 0 Å². The topological polar surface area (TPSA) is 69.7 Å². The Balaban J connectivity index is 1.84. The molecule has 6 heteroatoms. The minimum Gasteiger partial charge on any atom is -0.338 e. The van der Waals surface area contributed by atoms with E-state index in [4.69, 9.17) is 0 Å². The molecule has 3 amide bonds. The highest BCUT2D eigenvalue weighted by molar-refractivity contribution is 6.08. The molecule has 4 atom stereocenters. The summed E-state index contributed by atoms with van der Waals surface area (Å²) in [6.07, 6.45) is 5.71. The smallest absolute Gasteiger partial charge is 0.245 e. The Labute approximate surface area is 149 Å². The number of nitrogens with zero attached hydrogens (tertiary/aromatic N) is 2. The molecule has 0 aromatic rings. The lowest BCUT2D eigenvalue weighted by Gasteiger charge is -2.37. The molecule has 0 radical (unpaired) electrons. The SMILES string of the molecule is CC(C)CC(C(=O)N1CCN[C@H](C)C1)N1C(=O)C2CC=CCC2C1=O. The molecule has 0 saturated carbocycles. The van der Waals surface area contributed by atoms with Crippen LogP contribution in [0.3, 0.4) is 0 Å². The van der Waals surface area contributed by atoms with Gasteiger partial charge in [-0.1, -0.05) is 26.0 Å². The molecule has 0 bridgehead atoms. The van der Waals surface area contributed by atoms with Crippen LogP contribution in [0.25, 0.3) is 0 Å². The molecular formula is C19H29N3O3. The average molecular weight is 347 g/mol. The van der Waals surface area contributed by atoms with Crippen molar-refractivity contribution in [3.8, 4) is 0 Å². The number of allylic oxidation sites excluding steroid dienone is 2. The van der Waals surface area contributed by atoms with Crippen LogP contribution in [0.15, 0.2) is 12.2 Å². The van der Waals surface area contributed by atoms with Crippen molar-refractivity contribution in [2.75, 3.05) is 19.6 Å². The molecule has 0 spiro atoms. The number of likely N-dealkylation sites (tertiary alicyclic amines) is 1. The normalized spacial score (nSPS) is 30.8. The minimum absolute atomic E-state index is 0.0737. The van der Waals surface area contributed by atoms with Crippen molar-refractivity contribution >= 4 is 17.7 Å². The number of piperazine rings is 1. The van der Waals surface area contributed by atoms with Gasteiger partial charge in [0.15, 0.2) is 0 Å². The predicted octanol–water partition coefficient (Wildman–Crippen LogP) is 1.17. The lowest BCUT2D eigenvalue weighted by atomic mass is 9.85. The van der Waals surface area contributed by atoms with Gasteiger partial charge in [0.25, 0.3) is 0 Å². The molecule has 2 fully saturated rings. The summed E-state index contributed by atoms with van der Waals surface area (Å²) in [5, 5.41) is 3.32. The first-order chi connectivity index (χ1) is 11.9. The van der Waals surface area contributed by atoms with Crippen molar-refractivity contribution in [1.29, 1.82) is 0 Å². The molecule has 1 aliphatic carbocycles. The Bertz CT molecular complexity index is 560. The molecular weight excluding hydrogens is 318 g/mol. The predicted molar refractivity (Wildman–Crippen MR) is 94.5 cm³/mol. The zero-order chi connectivity index (χ0) is 18.1. The second-order valence-corrected chi connectivity index (χ2v) is 7.99. The van der Waals surface area contributed by atoms with Gasteiger partial charge in [-0.2, -0.15) is 0 Å². The van der Waals surface area contributed by atoms with Gasteiger partial charge >= 0.3 is 0 Å². The Morgan fingerprint density at radius 1 is 1.20 bits per heavy atom. The second-order valence-electron chi connectivity index (χ2n) is 7.99. The molecule has 1 N–H and O–H groups in total. The molecule has 2 saturated heterocycles. The van der Waals surface area contributed by atoms with Gasteiger partial charge in [-0.25, -0.2) is 0 Å². The molecule has 6 nitrogen and oxygen atoms in total. The maximum atomic E-state index is 13.2. The quantitative estimate of drug-likeness (QED) is 0.612. The van der Waals surface area contributed by atoms with Crippen LogP contribution >= 0.6 is 0 Å². The lowest BCUT2D eigenvalue weighted by molar-refractivity contribution is -0.152. The zero-order valence-corrected chi connectivity index (χ0v) is 15.4. The molecule has 138 valence electrons. The van der Waals surface area contributed by atoms with Gasteiger partial charge in [0, 0.05) is 25.7 Å². The molecule has 0 aromatic heterocycles. The summed E-state index contributed by atoms with van der Waals surface area (Å²) < 4.78 is 0. The lowest BCUT2D eigenvalue weighted by Crippen LogP contribution is -2.58. The third kappa shape index (κ3) is 3.50. The van der Waals surface area contributed by atoms with E-state index in [1.54, 1.807) is 0 Å².